The monoisotopic (exact) mass is 194 g/mol. The molecular formula is C12H22N2. The molecule has 1 aliphatic carbocycles. The lowest BCUT2D eigenvalue weighted by atomic mass is 9.77. The van der Waals surface area contributed by atoms with Crippen LogP contribution >= 0.6 is 0 Å². The topological polar surface area (TPSA) is 35.8 Å². The smallest absolute Gasteiger partial charge is 0.0924 e. The third-order valence-electron chi connectivity index (χ3n) is 3.52. The molecule has 0 amide bonds. The molecule has 80 valence electrons. The van der Waals surface area contributed by atoms with E-state index >= 15 is 0 Å². The maximum Gasteiger partial charge on any atom is 0.0924 e. The van der Waals surface area contributed by atoms with E-state index in [1.807, 2.05) is 6.92 Å². The quantitative estimate of drug-likeness (QED) is 0.747. The molecule has 1 fully saturated rings. The van der Waals surface area contributed by atoms with E-state index in [0.29, 0.717) is 5.41 Å². The van der Waals surface area contributed by atoms with Gasteiger partial charge in [0.2, 0.25) is 0 Å². The highest BCUT2D eigenvalue weighted by atomic mass is 14.9. The summed E-state index contributed by atoms with van der Waals surface area (Å²) in [5.41, 5.74) is 0.349. The Morgan fingerprint density at radius 3 is 2.50 bits per heavy atom. The Labute approximate surface area is 87.7 Å². The average molecular weight is 194 g/mol. The van der Waals surface area contributed by atoms with Crippen molar-refractivity contribution in [2.45, 2.75) is 52.5 Å². The number of hydrogen-bond donors (Lipinski definition) is 1. The van der Waals surface area contributed by atoms with E-state index < -0.39 is 0 Å². The lowest BCUT2D eigenvalue weighted by molar-refractivity contribution is 0.206. The van der Waals surface area contributed by atoms with Gasteiger partial charge in [0.15, 0.2) is 0 Å². The summed E-state index contributed by atoms with van der Waals surface area (Å²) in [4.78, 5) is 0. The van der Waals surface area contributed by atoms with Crippen LogP contribution < -0.4 is 5.32 Å². The minimum Gasteiger partial charge on any atom is -0.302 e. The zero-order valence-corrected chi connectivity index (χ0v) is 9.64. The van der Waals surface area contributed by atoms with Crippen molar-refractivity contribution < 1.29 is 0 Å². The molecule has 0 aromatic rings. The summed E-state index contributed by atoms with van der Waals surface area (Å²) >= 11 is 0. The number of nitriles is 1. The molecule has 0 aromatic heterocycles. The van der Waals surface area contributed by atoms with E-state index in [1.165, 1.54) is 25.7 Å². The maximum atomic E-state index is 8.68. The second-order valence-electron chi connectivity index (χ2n) is 5.20. The van der Waals surface area contributed by atoms with Crippen molar-refractivity contribution in [1.29, 1.82) is 5.26 Å². The molecule has 0 aliphatic heterocycles. The summed E-state index contributed by atoms with van der Waals surface area (Å²) in [6, 6.07) is 2.20. The van der Waals surface area contributed by atoms with Crippen LogP contribution in [0.3, 0.4) is 0 Å². The Bertz CT molecular complexity index is 209. The van der Waals surface area contributed by atoms with Gasteiger partial charge in [-0.2, -0.15) is 5.26 Å². The van der Waals surface area contributed by atoms with Crippen LogP contribution in [0.4, 0.5) is 0 Å². The first kappa shape index (κ1) is 11.5. The molecule has 1 saturated carbocycles. The van der Waals surface area contributed by atoms with Gasteiger partial charge in [-0.25, -0.2) is 0 Å². The molecule has 0 bridgehead atoms. The van der Waals surface area contributed by atoms with Crippen LogP contribution in [0.1, 0.15) is 46.5 Å². The third-order valence-corrected chi connectivity index (χ3v) is 3.52. The second kappa shape index (κ2) is 4.79. The number of nitrogens with one attached hydrogen (secondary N) is 1. The molecule has 1 atom stereocenters. The predicted molar refractivity (Wildman–Crippen MR) is 58.8 cm³/mol. The van der Waals surface area contributed by atoms with Gasteiger partial charge in [0.1, 0.15) is 0 Å². The molecular weight excluding hydrogens is 172 g/mol. The lowest BCUT2D eigenvalue weighted by Crippen LogP contribution is -2.38. The van der Waals surface area contributed by atoms with E-state index in [-0.39, 0.29) is 6.04 Å². The third kappa shape index (κ3) is 2.99. The zero-order valence-electron chi connectivity index (χ0n) is 9.64. The Morgan fingerprint density at radius 2 is 2.00 bits per heavy atom. The van der Waals surface area contributed by atoms with Gasteiger partial charge in [-0.1, -0.05) is 26.7 Å². The first-order chi connectivity index (χ1) is 6.56. The largest absolute Gasteiger partial charge is 0.302 e. The number of rotatable bonds is 4. The van der Waals surface area contributed by atoms with Crippen LogP contribution in [0, 0.1) is 22.7 Å². The number of nitrogens with zero attached hydrogens (tertiary/aromatic N) is 1. The van der Waals surface area contributed by atoms with Gasteiger partial charge in [0, 0.05) is 6.54 Å². The number of hydrogen-bond acceptors (Lipinski definition) is 2. The van der Waals surface area contributed by atoms with E-state index in [4.69, 9.17) is 5.26 Å². The summed E-state index contributed by atoms with van der Waals surface area (Å²) in [5, 5.41) is 12.0. The van der Waals surface area contributed by atoms with Crippen LogP contribution in [-0.4, -0.2) is 12.6 Å². The van der Waals surface area contributed by atoms with Gasteiger partial charge in [-0.15, -0.1) is 0 Å². The van der Waals surface area contributed by atoms with Gasteiger partial charge in [0.05, 0.1) is 12.1 Å². The van der Waals surface area contributed by atoms with E-state index in [1.54, 1.807) is 0 Å². The minimum absolute atomic E-state index is 0.0179. The molecule has 0 saturated heterocycles. The van der Waals surface area contributed by atoms with Crippen molar-refractivity contribution in [3.8, 4) is 6.07 Å². The Hall–Kier alpha value is -0.550. The van der Waals surface area contributed by atoms with Crippen molar-refractivity contribution in [1.82, 2.24) is 5.32 Å². The van der Waals surface area contributed by atoms with Crippen LogP contribution in [0.5, 0.6) is 0 Å². The summed E-state index contributed by atoms with van der Waals surface area (Å²) < 4.78 is 0. The zero-order chi connectivity index (χ0) is 10.6. The van der Waals surface area contributed by atoms with Crippen LogP contribution in [0.2, 0.25) is 0 Å². The summed E-state index contributed by atoms with van der Waals surface area (Å²) in [5.74, 6) is 0.848. The van der Waals surface area contributed by atoms with Crippen LogP contribution in [0.15, 0.2) is 0 Å². The van der Waals surface area contributed by atoms with Crippen molar-refractivity contribution >= 4 is 0 Å². The minimum atomic E-state index is -0.0179. The molecule has 1 unspecified atom stereocenters. The van der Waals surface area contributed by atoms with E-state index in [9.17, 15) is 0 Å². The van der Waals surface area contributed by atoms with E-state index in [2.05, 4.69) is 25.2 Å². The van der Waals surface area contributed by atoms with Crippen LogP contribution in [0.25, 0.3) is 0 Å². The summed E-state index contributed by atoms with van der Waals surface area (Å²) in [6.45, 7) is 7.53. The maximum absolute atomic E-state index is 8.68. The predicted octanol–water partition coefficient (Wildman–Crippen LogP) is 2.70. The Morgan fingerprint density at radius 1 is 1.43 bits per heavy atom. The standard InChI is InChI=1S/C12H22N2/c1-10(8-13)14-9-12(2,3)11-6-4-5-7-11/h10-11,14H,4-7,9H2,1-3H3. The van der Waals surface area contributed by atoms with Gasteiger partial charge >= 0.3 is 0 Å². The first-order valence-corrected chi connectivity index (χ1v) is 5.69. The molecule has 1 aliphatic rings. The Balaban J connectivity index is 2.37. The summed E-state index contributed by atoms with van der Waals surface area (Å²) in [7, 11) is 0. The van der Waals surface area contributed by atoms with Gasteiger partial charge in [-0.3, -0.25) is 0 Å². The normalized spacial score (nSPS) is 20.7. The SMILES string of the molecule is CC(C#N)NCC(C)(C)C1CCCC1. The molecule has 0 spiro atoms. The highest BCUT2D eigenvalue weighted by Gasteiger charge is 2.31. The highest BCUT2D eigenvalue weighted by Crippen LogP contribution is 2.38. The average Bonchev–Trinajstić information content (AvgIpc) is 2.67. The van der Waals surface area contributed by atoms with Crippen molar-refractivity contribution in [2.75, 3.05) is 6.54 Å². The Kier molecular flexibility index (Phi) is 3.95. The fourth-order valence-corrected chi connectivity index (χ4v) is 2.31. The van der Waals surface area contributed by atoms with Crippen LogP contribution in [-0.2, 0) is 0 Å². The van der Waals surface area contributed by atoms with Gasteiger partial charge in [-0.05, 0) is 31.1 Å². The molecule has 0 heterocycles. The molecule has 1 N–H and O–H groups in total. The highest BCUT2D eigenvalue weighted by molar-refractivity contribution is 4.90. The molecule has 0 radical (unpaired) electrons. The van der Waals surface area contributed by atoms with Gasteiger partial charge < -0.3 is 5.32 Å². The van der Waals surface area contributed by atoms with Gasteiger partial charge in [0.25, 0.3) is 0 Å². The fourth-order valence-electron chi connectivity index (χ4n) is 2.31. The summed E-state index contributed by atoms with van der Waals surface area (Å²) in [6.07, 6.45) is 5.52. The van der Waals surface area contributed by atoms with Crippen molar-refractivity contribution in [3.63, 3.8) is 0 Å². The fraction of sp³-hybridized carbons (Fsp3) is 0.917. The molecule has 0 aromatic carbocycles. The van der Waals surface area contributed by atoms with Crippen molar-refractivity contribution in [3.05, 3.63) is 0 Å². The van der Waals surface area contributed by atoms with E-state index in [0.717, 1.165) is 12.5 Å². The molecule has 14 heavy (non-hydrogen) atoms. The molecule has 2 nitrogen and oxygen atoms in total. The lowest BCUT2D eigenvalue weighted by Gasteiger charge is -2.32. The first-order valence-electron chi connectivity index (χ1n) is 5.69. The molecule has 1 rings (SSSR count). The molecule has 2 heteroatoms. The van der Waals surface area contributed by atoms with Crippen molar-refractivity contribution in [2.24, 2.45) is 11.3 Å². The second-order valence-corrected chi connectivity index (χ2v) is 5.20.